The number of hydrogen-bond acceptors (Lipinski definition) is 6. The van der Waals surface area contributed by atoms with Gasteiger partial charge in [0.1, 0.15) is 0 Å². The molecule has 0 aliphatic rings. The maximum atomic E-state index is 12.2. The zero-order valence-corrected chi connectivity index (χ0v) is 16.1. The number of rotatable bonds is 5. The average Bonchev–Trinajstić information content (AvgIpc) is 3.04. The van der Waals surface area contributed by atoms with E-state index in [1.165, 1.54) is 23.4 Å². The summed E-state index contributed by atoms with van der Waals surface area (Å²) in [6, 6.07) is 11.1. The van der Waals surface area contributed by atoms with Gasteiger partial charge < -0.3 is 15.5 Å². The number of benzene rings is 1. The van der Waals surface area contributed by atoms with E-state index in [4.69, 9.17) is 10.2 Å². The van der Waals surface area contributed by atoms with E-state index in [1.54, 1.807) is 6.07 Å². The largest absolute Gasteiger partial charge is 0.444 e. The zero-order chi connectivity index (χ0) is 18.7. The molecule has 0 saturated heterocycles. The van der Waals surface area contributed by atoms with Crippen LogP contribution in [-0.4, -0.2) is 15.9 Å². The van der Waals surface area contributed by atoms with Crippen LogP contribution in [0.2, 0.25) is 0 Å². The van der Waals surface area contributed by atoms with Crippen LogP contribution in [0.3, 0.4) is 0 Å². The second kappa shape index (κ2) is 7.79. The summed E-state index contributed by atoms with van der Waals surface area (Å²) in [5.41, 5.74) is 7.49. The Morgan fingerprint density at radius 1 is 1.31 bits per heavy atom. The Morgan fingerprint density at radius 3 is 2.65 bits per heavy atom. The van der Waals surface area contributed by atoms with E-state index in [1.807, 2.05) is 31.2 Å². The van der Waals surface area contributed by atoms with Crippen molar-refractivity contribution in [1.29, 1.82) is 0 Å². The molecule has 1 aromatic carbocycles. The predicted octanol–water partition coefficient (Wildman–Crippen LogP) is 3.56. The smallest absolute Gasteiger partial charge is 0.291 e. The van der Waals surface area contributed by atoms with Crippen LogP contribution in [0.1, 0.15) is 21.7 Å². The van der Waals surface area contributed by atoms with Crippen molar-refractivity contribution < 1.29 is 9.21 Å². The minimum atomic E-state index is -0.588. The van der Waals surface area contributed by atoms with Crippen molar-refractivity contribution in [2.75, 3.05) is 11.1 Å². The Labute approximate surface area is 161 Å². The highest BCUT2D eigenvalue weighted by molar-refractivity contribution is 9.10. The standard InChI is InChI=1S/C17H15BrN4O3S/c1-9-2-4-10(5-3-9)8-26-17-21-14(19)13(16(24)22-17)20-15(23)11-6-7-12(18)25-11/h2-7H,8H2,1H3,(H,20,23)(H3,19,21,22,24). The second-order valence-corrected chi connectivity index (χ2v) is 7.21. The number of thioether (sulfide) groups is 1. The van der Waals surface area contributed by atoms with Gasteiger partial charge in [-0.1, -0.05) is 41.6 Å². The number of aromatic nitrogens is 2. The lowest BCUT2D eigenvalue weighted by Crippen LogP contribution is -2.22. The molecule has 2 aromatic heterocycles. The molecule has 0 aliphatic heterocycles. The zero-order valence-electron chi connectivity index (χ0n) is 13.7. The van der Waals surface area contributed by atoms with Gasteiger partial charge in [-0.2, -0.15) is 0 Å². The number of hydrogen-bond donors (Lipinski definition) is 3. The molecule has 1 amide bonds. The third kappa shape index (κ3) is 4.36. The molecule has 0 unspecified atom stereocenters. The number of aryl methyl sites for hydroxylation is 1. The Kier molecular flexibility index (Phi) is 5.48. The number of carbonyl (C=O) groups excluding carboxylic acids is 1. The van der Waals surface area contributed by atoms with Gasteiger partial charge >= 0.3 is 0 Å². The summed E-state index contributed by atoms with van der Waals surface area (Å²) in [6.45, 7) is 2.02. The highest BCUT2D eigenvalue weighted by Crippen LogP contribution is 2.22. The molecule has 3 rings (SSSR count). The molecule has 0 aliphatic carbocycles. The molecule has 26 heavy (non-hydrogen) atoms. The van der Waals surface area contributed by atoms with E-state index in [0.29, 0.717) is 15.6 Å². The molecule has 0 bridgehead atoms. The van der Waals surface area contributed by atoms with E-state index in [9.17, 15) is 9.59 Å². The fraction of sp³-hybridized carbons (Fsp3) is 0.118. The summed E-state index contributed by atoms with van der Waals surface area (Å²) in [4.78, 5) is 31.1. The highest BCUT2D eigenvalue weighted by Gasteiger charge is 2.16. The SMILES string of the molecule is Cc1ccc(CSc2nc(N)c(NC(=O)c3ccc(Br)o3)c(=O)[nH]2)cc1. The molecule has 0 saturated carbocycles. The molecule has 0 spiro atoms. The fourth-order valence-corrected chi connectivity index (χ4v) is 3.24. The molecule has 2 heterocycles. The van der Waals surface area contributed by atoms with E-state index in [-0.39, 0.29) is 17.3 Å². The van der Waals surface area contributed by atoms with Gasteiger partial charge in [0.15, 0.2) is 27.1 Å². The second-order valence-electron chi connectivity index (χ2n) is 5.46. The summed E-state index contributed by atoms with van der Waals surface area (Å²) in [5.74, 6) is 0.0387. The number of nitrogens with one attached hydrogen (secondary N) is 2. The molecular formula is C17H15BrN4O3S. The molecule has 134 valence electrons. The highest BCUT2D eigenvalue weighted by atomic mass is 79.9. The molecule has 3 aromatic rings. The molecule has 0 radical (unpaired) electrons. The summed E-state index contributed by atoms with van der Waals surface area (Å²) in [5, 5.41) is 2.80. The normalized spacial score (nSPS) is 10.7. The van der Waals surface area contributed by atoms with Gasteiger partial charge in [-0.15, -0.1) is 0 Å². The molecule has 9 heteroatoms. The number of anilines is 2. The lowest BCUT2D eigenvalue weighted by molar-refractivity contribution is 0.0995. The van der Waals surface area contributed by atoms with Gasteiger partial charge in [0.2, 0.25) is 0 Å². The van der Waals surface area contributed by atoms with Crippen LogP contribution in [0.4, 0.5) is 11.5 Å². The van der Waals surface area contributed by atoms with Crippen molar-refractivity contribution >= 4 is 45.1 Å². The lowest BCUT2D eigenvalue weighted by atomic mass is 10.2. The van der Waals surface area contributed by atoms with Crippen LogP contribution < -0.4 is 16.6 Å². The number of amides is 1. The van der Waals surface area contributed by atoms with Gasteiger partial charge in [0.05, 0.1) is 0 Å². The van der Waals surface area contributed by atoms with Crippen LogP contribution in [0.5, 0.6) is 0 Å². The van der Waals surface area contributed by atoms with E-state index in [0.717, 1.165) is 5.56 Å². The van der Waals surface area contributed by atoms with Crippen LogP contribution in [0.15, 0.2) is 55.4 Å². The van der Waals surface area contributed by atoms with Crippen LogP contribution in [0, 0.1) is 6.92 Å². The minimum Gasteiger partial charge on any atom is -0.444 e. The van der Waals surface area contributed by atoms with Crippen molar-refractivity contribution in [2.24, 2.45) is 0 Å². The molecule has 7 nitrogen and oxygen atoms in total. The monoisotopic (exact) mass is 434 g/mol. The minimum absolute atomic E-state index is 0.0495. The van der Waals surface area contributed by atoms with Crippen molar-refractivity contribution in [3.63, 3.8) is 0 Å². The topological polar surface area (TPSA) is 114 Å². The molecule has 0 fully saturated rings. The number of halogens is 1. The van der Waals surface area contributed by atoms with Crippen LogP contribution in [-0.2, 0) is 5.75 Å². The Balaban J connectivity index is 1.72. The first-order valence-corrected chi connectivity index (χ1v) is 9.35. The maximum Gasteiger partial charge on any atom is 0.291 e. The van der Waals surface area contributed by atoms with Gasteiger partial charge in [-0.3, -0.25) is 14.6 Å². The number of nitrogens with two attached hydrogens (primary N) is 1. The predicted molar refractivity (Wildman–Crippen MR) is 104 cm³/mol. The number of nitrogen functional groups attached to an aromatic ring is 1. The summed E-state index contributed by atoms with van der Waals surface area (Å²) < 4.78 is 5.55. The number of carbonyl (C=O) groups is 1. The van der Waals surface area contributed by atoms with Crippen LogP contribution in [0.25, 0.3) is 0 Å². The first kappa shape index (κ1) is 18.3. The van der Waals surface area contributed by atoms with E-state index < -0.39 is 11.5 Å². The van der Waals surface area contributed by atoms with Gasteiger partial charge in [0, 0.05) is 5.75 Å². The van der Waals surface area contributed by atoms with E-state index >= 15 is 0 Å². The van der Waals surface area contributed by atoms with E-state index in [2.05, 4.69) is 31.2 Å². The molecule has 0 atom stereocenters. The van der Waals surface area contributed by atoms with Gasteiger partial charge in [-0.05, 0) is 40.5 Å². The third-order valence-corrected chi connectivity index (χ3v) is 4.83. The Bertz CT molecular complexity index is 998. The van der Waals surface area contributed by atoms with Crippen LogP contribution >= 0.6 is 27.7 Å². The Hall–Kier alpha value is -2.52. The van der Waals surface area contributed by atoms with Crippen molar-refractivity contribution in [3.05, 3.63) is 68.3 Å². The van der Waals surface area contributed by atoms with Gasteiger partial charge in [0.25, 0.3) is 11.5 Å². The summed E-state index contributed by atoms with van der Waals surface area (Å²) in [7, 11) is 0. The number of furan rings is 1. The number of aromatic amines is 1. The Morgan fingerprint density at radius 2 is 2.04 bits per heavy atom. The summed E-state index contributed by atoms with van der Waals surface area (Å²) >= 11 is 4.46. The fourth-order valence-electron chi connectivity index (χ4n) is 2.11. The van der Waals surface area contributed by atoms with Crippen molar-refractivity contribution in [1.82, 2.24) is 9.97 Å². The average molecular weight is 435 g/mol. The quantitative estimate of drug-likeness (QED) is 0.417. The first-order chi connectivity index (χ1) is 12.4. The van der Waals surface area contributed by atoms with Crippen molar-refractivity contribution in [3.8, 4) is 0 Å². The number of H-pyrrole nitrogens is 1. The lowest BCUT2D eigenvalue weighted by Gasteiger charge is -2.07. The third-order valence-electron chi connectivity index (χ3n) is 3.46. The first-order valence-electron chi connectivity index (χ1n) is 7.57. The summed E-state index contributed by atoms with van der Waals surface area (Å²) in [6.07, 6.45) is 0. The molecule has 4 N–H and O–H groups in total. The number of nitrogens with zero attached hydrogens (tertiary/aromatic N) is 1. The molecular weight excluding hydrogens is 420 g/mol. The van der Waals surface area contributed by atoms with Crippen molar-refractivity contribution in [2.45, 2.75) is 17.8 Å². The van der Waals surface area contributed by atoms with Gasteiger partial charge in [-0.25, -0.2) is 4.98 Å². The maximum absolute atomic E-state index is 12.2.